The zero-order valence-electron chi connectivity index (χ0n) is 60.8. The molecule has 6 aromatic rings. The number of carboxylic acids is 2. The highest BCUT2D eigenvalue weighted by atomic mass is 19.2. The van der Waals surface area contributed by atoms with Crippen LogP contribution in [0.3, 0.4) is 0 Å². The van der Waals surface area contributed by atoms with E-state index in [1.807, 2.05) is 83.6 Å². The number of aromatic amines is 1. The maximum absolute atomic E-state index is 15.6. The van der Waals surface area contributed by atoms with E-state index in [-0.39, 0.29) is 19.3 Å². The normalized spacial score (nSPS) is 14.7. The Morgan fingerprint density at radius 2 is 1.05 bits per heavy atom. The Morgan fingerprint density at radius 1 is 0.550 bits per heavy atom. The SMILES string of the molecule is CCc1ccccc1-c1ccc(C[C@H](NC(=O)[C@H](CC(=O)O)NC(=O)[C@H](CO)NC(=O)[C@@H](NC(=O)[C@@](C)(Cc2c(F)c(F)c(F)c(F)c2F)NC(=O)[C@@H](NC(=O)CNC(=O)[C@H](CCC(=O)O)NC(=O)[C@@H](C)NC(=O)[C@@H](N)Cc2cnc[nH]2)[C@@H](C)O)[C@@H](C)O)C(=O)N[C@@H](Cc2ccc(-c3ccccc3C)cc2)C(N)=O)cc1. The number of hydrogen-bond donors (Lipinski definition) is 18. The summed E-state index contributed by atoms with van der Waals surface area (Å²) in [4.78, 5) is 182. The minimum absolute atomic E-state index is 0.0308. The molecule has 0 aliphatic rings. The number of carboxylic acid groups (broad SMARTS) is 2. The van der Waals surface area contributed by atoms with Gasteiger partial charge in [0.15, 0.2) is 23.3 Å². The third kappa shape index (κ3) is 24.7. The lowest BCUT2D eigenvalue weighted by Crippen LogP contribution is -2.67. The van der Waals surface area contributed by atoms with Crippen molar-refractivity contribution in [2.75, 3.05) is 13.2 Å². The van der Waals surface area contributed by atoms with Crippen molar-refractivity contribution in [2.24, 2.45) is 11.5 Å². The first-order valence-electron chi connectivity index (χ1n) is 34.6. The van der Waals surface area contributed by atoms with E-state index in [1.54, 1.807) is 48.5 Å². The van der Waals surface area contributed by atoms with Gasteiger partial charge in [0, 0.05) is 49.6 Å². The third-order valence-electron chi connectivity index (χ3n) is 17.7. The largest absolute Gasteiger partial charge is 0.481 e. The van der Waals surface area contributed by atoms with Gasteiger partial charge in [0.2, 0.25) is 70.8 Å². The van der Waals surface area contributed by atoms with Crippen molar-refractivity contribution < 1.29 is 110 Å². The molecule has 0 spiro atoms. The molecule has 6 rings (SSSR count). The predicted molar refractivity (Wildman–Crippen MR) is 385 cm³/mol. The Hall–Kier alpha value is -12.1. The number of H-pyrrole nitrogens is 1. The molecule has 20 N–H and O–H groups in total. The average molecular weight is 1560 g/mol. The molecule has 37 heteroatoms. The lowest BCUT2D eigenvalue weighted by molar-refractivity contribution is -0.142. The highest BCUT2D eigenvalue weighted by Gasteiger charge is 2.44. The number of aromatic nitrogens is 2. The fourth-order valence-electron chi connectivity index (χ4n) is 11.5. The maximum atomic E-state index is 15.6. The molecule has 5 aromatic carbocycles. The molecule has 111 heavy (non-hydrogen) atoms. The number of nitrogens with two attached hydrogens (primary N) is 2. The van der Waals surface area contributed by atoms with Crippen LogP contribution in [-0.2, 0) is 94.4 Å². The van der Waals surface area contributed by atoms with Crippen molar-refractivity contribution in [1.82, 2.24) is 63.1 Å². The van der Waals surface area contributed by atoms with Gasteiger partial charge in [0.25, 0.3) is 0 Å². The van der Waals surface area contributed by atoms with Crippen molar-refractivity contribution in [3.63, 3.8) is 0 Å². The Kier molecular flexibility index (Phi) is 31.9. The highest BCUT2D eigenvalue weighted by molar-refractivity contribution is 6.00. The van der Waals surface area contributed by atoms with Crippen LogP contribution in [0.5, 0.6) is 0 Å². The fraction of sp³-hybridized carbons (Fsp3) is 0.378. The Balaban J connectivity index is 1.20. The number of aliphatic carboxylic acids is 2. The number of aliphatic hydroxyl groups excluding tert-OH is 3. The monoisotopic (exact) mass is 1550 g/mol. The number of amides is 11. The van der Waals surface area contributed by atoms with Crippen LogP contribution in [0.4, 0.5) is 22.0 Å². The first-order valence-corrected chi connectivity index (χ1v) is 34.6. The molecule has 0 fully saturated rings. The number of carbonyl (C=O) groups excluding carboxylic acids is 11. The Bertz CT molecular complexity index is 4360. The van der Waals surface area contributed by atoms with Gasteiger partial charge < -0.3 is 95.2 Å². The fourth-order valence-corrected chi connectivity index (χ4v) is 11.5. The van der Waals surface area contributed by atoms with Gasteiger partial charge in [-0.15, -0.1) is 0 Å². The molecule has 0 saturated carbocycles. The summed E-state index contributed by atoms with van der Waals surface area (Å²) < 4.78 is 75.1. The Morgan fingerprint density at radius 3 is 1.59 bits per heavy atom. The topological polar surface area (TPSA) is 524 Å². The number of nitrogens with one attached hydrogen (secondary N) is 11. The van der Waals surface area contributed by atoms with Crippen LogP contribution >= 0.6 is 0 Å². The number of aliphatic hydroxyl groups is 3. The molecule has 1 heterocycles. The average Bonchev–Trinajstić information content (AvgIpc) is 1.01. The second-order valence-electron chi connectivity index (χ2n) is 26.4. The van der Waals surface area contributed by atoms with Gasteiger partial charge in [0.05, 0.1) is 44.1 Å². The molecule has 0 bridgehead atoms. The molecule has 0 radical (unpaired) electrons. The summed E-state index contributed by atoms with van der Waals surface area (Å²) in [6, 6.07) is 12.4. The molecule has 12 atom stereocenters. The van der Waals surface area contributed by atoms with E-state index < -0.39 is 223 Å². The molecule has 0 saturated heterocycles. The standard InChI is InChI=1S/C74H87F5N14O18/c1-7-41-13-9-11-15-46(41)43-22-18-40(19-23-43)27-51(68(106)87-50(64(81)102)26-39-16-20-42(21-17-39)45-14-10-8-12-35(45)2)88-69(107)52(29-56(100)101)89-70(108)53(33-94)90-71(109)62(37(4)95)92-73(111)74(6,30-47-57(75)59(77)61(79)60(78)58(47)76)93-72(110)63(38(5)96)91-54(97)32-83-67(105)49(24-25-55(98)99)86-65(103)36(3)85-66(104)48(80)28-44-31-82-34-84-44/h8-23,31,34,36-38,48-53,62-63,94-96H,7,24-30,32-33,80H2,1-6H3,(H2,81,102)(H,82,84)(H,83,105)(H,85,104)(H,86,103)(H,87,106)(H,88,107)(H,89,108)(H,90,109)(H,91,97)(H,92,111)(H,93,110)(H,98,99)(H,100,101)/t36-,37-,38-,48+,49+,50+,51+,52+,53+,62+,63+,74-/m1/s1. The smallest absolute Gasteiger partial charge is 0.305 e. The summed E-state index contributed by atoms with van der Waals surface area (Å²) in [6.07, 6.45) is -5.72. The van der Waals surface area contributed by atoms with Crippen LogP contribution in [0.1, 0.15) is 87.4 Å². The summed E-state index contributed by atoms with van der Waals surface area (Å²) >= 11 is 0. The van der Waals surface area contributed by atoms with E-state index in [1.165, 1.54) is 19.4 Å². The third-order valence-corrected chi connectivity index (χ3v) is 17.7. The van der Waals surface area contributed by atoms with Crippen molar-refractivity contribution >= 4 is 76.9 Å². The summed E-state index contributed by atoms with van der Waals surface area (Å²) in [5.74, 6) is -30.7. The van der Waals surface area contributed by atoms with Gasteiger partial charge in [-0.1, -0.05) is 104 Å². The number of aryl methyl sites for hydroxylation is 2. The van der Waals surface area contributed by atoms with Crippen molar-refractivity contribution in [3.05, 3.63) is 172 Å². The van der Waals surface area contributed by atoms with Crippen molar-refractivity contribution in [1.29, 1.82) is 0 Å². The first-order chi connectivity index (χ1) is 52.4. The van der Waals surface area contributed by atoms with Gasteiger partial charge >= 0.3 is 11.9 Å². The molecule has 32 nitrogen and oxygen atoms in total. The summed E-state index contributed by atoms with van der Waals surface area (Å²) in [5, 5.41) is 73.2. The molecule has 0 unspecified atom stereocenters. The Labute approximate surface area is 631 Å². The van der Waals surface area contributed by atoms with Crippen LogP contribution < -0.4 is 64.6 Å². The minimum atomic E-state index is -3.15. The molecule has 0 aliphatic heterocycles. The van der Waals surface area contributed by atoms with E-state index in [2.05, 4.69) is 41.9 Å². The van der Waals surface area contributed by atoms with E-state index in [9.17, 15) is 101 Å². The lowest BCUT2D eigenvalue weighted by atomic mass is 9.89. The molecular weight excluding hydrogens is 1470 g/mol. The number of benzene rings is 5. The zero-order chi connectivity index (χ0) is 82.3. The highest BCUT2D eigenvalue weighted by Crippen LogP contribution is 2.29. The lowest BCUT2D eigenvalue weighted by Gasteiger charge is -2.34. The summed E-state index contributed by atoms with van der Waals surface area (Å²) in [5.41, 5.74) is 13.7. The van der Waals surface area contributed by atoms with Gasteiger partial charge in [-0.25, -0.2) is 26.9 Å². The van der Waals surface area contributed by atoms with Crippen LogP contribution in [-0.4, -0.2) is 198 Å². The molecule has 11 amide bonds. The number of imidazole rings is 1. The number of carbonyl (C=O) groups is 13. The molecule has 0 aliphatic carbocycles. The van der Waals surface area contributed by atoms with E-state index in [0.717, 1.165) is 47.2 Å². The number of nitrogens with zero attached hydrogens (tertiary/aromatic N) is 1. The second kappa shape index (κ2) is 40.4. The van der Waals surface area contributed by atoms with Crippen LogP contribution in [0.15, 0.2) is 110 Å². The van der Waals surface area contributed by atoms with E-state index in [4.69, 9.17) is 11.5 Å². The van der Waals surface area contributed by atoms with Gasteiger partial charge in [-0.2, -0.15) is 0 Å². The van der Waals surface area contributed by atoms with E-state index >= 15 is 8.78 Å². The maximum Gasteiger partial charge on any atom is 0.305 e. The van der Waals surface area contributed by atoms with Crippen molar-refractivity contribution in [3.8, 4) is 22.3 Å². The zero-order valence-corrected chi connectivity index (χ0v) is 60.8. The first kappa shape index (κ1) is 87.8. The van der Waals surface area contributed by atoms with Crippen molar-refractivity contribution in [2.45, 2.75) is 165 Å². The minimum Gasteiger partial charge on any atom is -0.481 e. The second-order valence-corrected chi connectivity index (χ2v) is 26.4. The van der Waals surface area contributed by atoms with E-state index in [0.29, 0.717) is 30.2 Å². The summed E-state index contributed by atoms with van der Waals surface area (Å²) in [6.45, 7) is 4.75. The van der Waals surface area contributed by atoms with Gasteiger partial charge in [-0.05, 0) is 92.0 Å². The quantitative estimate of drug-likeness (QED) is 0.0129. The van der Waals surface area contributed by atoms with Crippen LogP contribution in [0, 0.1) is 36.0 Å². The van der Waals surface area contributed by atoms with Gasteiger partial charge in [-0.3, -0.25) is 62.3 Å². The van der Waals surface area contributed by atoms with Crippen LogP contribution in [0.2, 0.25) is 0 Å². The number of hydrogen-bond acceptors (Lipinski definition) is 18. The van der Waals surface area contributed by atoms with Crippen LogP contribution in [0.25, 0.3) is 22.3 Å². The molecule has 596 valence electrons. The molecular formula is C74H87F5N14O18. The molecule has 1 aromatic heterocycles. The number of halogens is 5. The summed E-state index contributed by atoms with van der Waals surface area (Å²) in [7, 11) is 0. The number of primary amides is 1. The predicted octanol–water partition coefficient (Wildman–Crippen LogP) is -0.624. The number of rotatable bonds is 40. The van der Waals surface area contributed by atoms with Gasteiger partial charge in [0.1, 0.15) is 53.9 Å².